The number of nitrogens with one attached hydrogen (secondary N) is 1. The number of fused-ring (bicyclic) bond motifs is 1. The van der Waals surface area contributed by atoms with E-state index in [2.05, 4.69) is 50.5 Å². The number of ether oxygens (including phenoxy) is 1. The van der Waals surface area contributed by atoms with Gasteiger partial charge >= 0.3 is 0 Å². The first-order valence-corrected chi connectivity index (χ1v) is 10.1. The summed E-state index contributed by atoms with van der Waals surface area (Å²) in [7, 11) is 1.85. The summed E-state index contributed by atoms with van der Waals surface area (Å²) in [5.74, 6) is 1.33. The molecule has 9 heteroatoms. The van der Waals surface area contributed by atoms with Crippen molar-refractivity contribution in [3.05, 3.63) is 48.2 Å². The Kier molecular flexibility index (Phi) is 6.13. The molecule has 29 heavy (non-hydrogen) atoms. The number of rotatable bonds is 8. The minimum atomic E-state index is -0.387. The average molecular weight is 418 g/mol. The molecule has 1 amide bonds. The van der Waals surface area contributed by atoms with E-state index in [0.29, 0.717) is 37.3 Å². The van der Waals surface area contributed by atoms with Crippen LogP contribution in [0.25, 0.3) is 10.9 Å². The Labute approximate surface area is 173 Å². The normalized spacial score (nSPS) is 22.2. The van der Waals surface area contributed by atoms with E-state index in [1.807, 2.05) is 18.0 Å². The quantitative estimate of drug-likeness (QED) is 0.344. The van der Waals surface area contributed by atoms with Crippen molar-refractivity contribution < 1.29 is 14.1 Å². The van der Waals surface area contributed by atoms with Crippen LogP contribution in [0, 0.1) is 5.92 Å². The van der Waals surface area contributed by atoms with E-state index in [4.69, 9.17) is 20.9 Å². The maximum Gasteiger partial charge on any atom is 0.240 e. The van der Waals surface area contributed by atoms with Gasteiger partial charge in [0.15, 0.2) is 0 Å². The van der Waals surface area contributed by atoms with Gasteiger partial charge in [0, 0.05) is 18.3 Å². The monoisotopic (exact) mass is 417 g/mol. The van der Waals surface area contributed by atoms with Gasteiger partial charge in [-0.25, -0.2) is 0 Å². The lowest BCUT2D eigenvalue weighted by atomic mass is 9.95. The Bertz CT molecular complexity index is 958. The highest BCUT2D eigenvalue weighted by molar-refractivity contribution is 6.19. The van der Waals surface area contributed by atoms with Gasteiger partial charge in [0.2, 0.25) is 18.1 Å². The van der Waals surface area contributed by atoms with Crippen LogP contribution in [0.1, 0.15) is 30.7 Å². The standard InChI is InChI=1S/C20H24ClN5O3/c1-25(12-22-13-27)11-19-23-20(24-29-19)17-8-14(9-18(21)28-17)10-26-7-6-15-4-2-3-5-16(15)26/h2-7,13-14,17-18H,8-12H2,1H3,(H,22,27). The molecule has 3 unspecified atom stereocenters. The molecule has 3 atom stereocenters. The number of aromatic nitrogens is 3. The smallest absolute Gasteiger partial charge is 0.240 e. The second-order valence-electron chi connectivity index (χ2n) is 7.44. The van der Waals surface area contributed by atoms with E-state index in [-0.39, 0.29) is 11.7 Å². The zero-order chi connectivity index (χ0) is 20.2. The fraction of sp³-hybridized carbons (Fsp3) is 0.450. The van der Waals surface area contributed by atoms with Crippen LogP contribution in [0.3, 0.4) is 0 Å². The van der Waals surface area contributed by atoms with Crippen molar-refractivity contribution in [1.29, 1.82) is 0 Å². The lowest BCUT2D eigenvalue weighted by Gasteiger charge is -2.31. The third kappa shape index (κ3) is 4.77. The number of nitrogens with zero attached hydrogens (tertiary/aromatic N) is 4. The van der Waals surface area contributed by atoms with Crippen LogP contribution < -0.4 is 5.32 Å². The molecule has 1 N–H and O–H groups in total. The van der Waals surface area contributed by atoms with Gasteiger partial charge in [-0.15, -0.1) is 0 Å². The Morgan fingerprint density at radius 3 is 3.07 bits per heavy atom. The van der Waals surface area contributed by atoms with Crippen molar-refractivity contribution in [2.45, 2.75) is 37.6 Å². The predicted octanol–water partition coefficient (Wildman–Crippen LogP) is 2.89. The largest absolute Gasteiger partial charge is 0.351 e. The number of halogens is 1. The number of hydrogen-bond acceptors (Lipinski definition) is 6. The highest BCUT2D eigenvalue weighted by Crippen LogP contribution is 2.36. The van der Waals surface area contributed by atoms with Crippen LogP contribution in [-0.4, -0.2) is 45.3 Å². The number of benzene rings is 1. The van der Waals surface area contributed by atoms with Gasteiger partial charge in [0.1, 0.15) is 11.7 Å². The number of carbonyl (C=O) groups is 1. The maximum absolute atomic E-state index is 10.4. The van der Waals surface area contributed by atoms with Gasteiger partial charge in [-0.2, -0.15) is 4.98 Å². The molecule has 3 aromatic rings. The summed E-state index contributed by atoms with van der Waals surface area (Å²) in [5.41, 5.74) is 0.831. The summed E-state index contributed by atoms with van der Waals surface area (Å²) in [6.45, 7) is 1.70. The molecule has 1 fully saturated rings. The van der Waals surface area contributed by atoms with E-state index in [1.165, 1.54) is 10.9 Å². The summed E-state index contributed by atoms with van der Waals surface area (Å²) in [6, 6.07) is 10.5. The van der Waals surface area contributed by atoms with Crippen molar-refractivity contribution >= 4 is 28.9 Å². The molecular weight excluding hydrogens is 394 g/mol. The molecule has 2 aromatic heterocycles. The van der Waals surface area contributed by atoms with Crippen molar-refractivity contribution in [3.63, 3.8) is 0 Å². The topological polar surface area (TPSA) is 85.4 Å². The average Bonchev–Trinajstić information content (AvgIpc) is 3.33. The Morgan fingerprint density at radius 1 is 1.34 bits per heavy atom. The predicted molar refractivity (Wildman–Crippen MR) is 108 cm³/mol. The molecule has 0 spiro atoms. The molecule has 8 nitrogen and oxygen atoms in total. The van der Waals surface area contributed by atoms with Gasteiger partial charge in [0.25, 0.3) is 0 Å². The first kappa shape index (κ1) is 19.9. The molecule has 4 rings (SSSR count). The molecule has 154 valence electrons. The van der Waals surface area contributed by atoms with Crippen LogP contribution in [0.4, 0.5) is 0 Å². The molecule has 0 radical (unpaired) electrons. The minimum absolute atomic E-state index is 0.297. The molecular formula is C20H24ClN5O3. The molecule has 1 aliphatic rings. The molecule has 3 heterocycles. The number of para-hydroxylation sites is 1. The first-order chi connectivity index (χ1) is 14.1. The Balaban J connectivity index is 1.42. The van der Waals surface area contributed by atoms with E-state index in [1.54, 1.807) is 0 Å². The molecule has 1 aliphatic heterocycles. The number of hydrogen-bond donors (Lipinski definition) is 1. The first-order valence-electron chi connectivity index (χ1n) is 9.64. The van der Waals surface area contributed by atoms with E-state index >= 15 is 0 Å². The summed E-state index contributed by atoms with van der Waals surface area (Å²) < 4.78 is 13.5. The Hall–Kier alpha value is -2.42. The third-order valence-corrected chi connectivity index (χ3v) is 5.42. The maximum atomic E-state index is 10.4. The number of carbonyl (C=O) groups excluding carboxylic acids is 1. The number of alkyl halides is 1. The van der Waals surface area contributed by atoms with Crippen LogP contribution in [0.5, 0.6) is 0 Å². The zero-order valence-electron chi connectivity index (χ0n) is 16.2. The fourth-order valence-electron chi connectivity index (χ4n) is 3.79. The van der Waals surface area contributed by atoms with Gasteiger partial charge in [-0.05, 0) is 43.3 Å². The van der Waals surface area contributed by atoms with Gasteiger partial charge in [-0.1, -0.05) is 35.0 Å². The molecule has 0 aliphatic carbocycles. The van der Waals surface area contributed by atoms with E-state index < -0.39 is 0 Å². The summed E-state index contributed by atoms with van der Waals surface area (Å²) in [5, 5.41) is 7.92. The van der Waals surface area contributed by atoms with Crippen molar-refractivity contribution in [2.75, 3.05) is 13.7 Å². The van der Waals surface area contributed by atoms with Crippen LogP contribution in [-0.2, 0) is 22.6 Å². The van der Waals surface area contributed by atoms with E-state index in [9.17, 15) is 4.79 Å². The van der Waals surface area contributed by atoms with Crippen molar-refractivity contribution in [1.82, 2.24) is 24.9 Å². The van der Waals surface area contributed by atoms with Gasteiger partial charge in [-0.3, -0.25) is 9.69 Å². The SMILES string of the molecule is CN(CNC=O)Cc1nc(C2CC(Cn3ccc4ccccc43)CC(Cl)O2)no1. The highest BCUT2D eigenvalue weighted by atomic mass is 35.5. The van der Waals surface area contributed by atoms with E-state index in [0.717, 1.165) is 19.4 Å². The lowest BCUT2D eigenvalue weighted by molar-refractivity contribution is -0.110. The summed E-state index contributed by atoms with van der Waals surface area (Å²) in [6.07, 6.45) is 4.02. The molecule has 0 saturated carbocycles. The van der Waals surface area contributed by atoms with Crippen LogP contribution in [0.15, 0.2) is 41.1 Å². The summed E-state index contributed by atoms with van der Waals surface area (Å²) in [4.78, 5) is 16.7. The fourth-order valence-corrected chi connectivity index (χ4v) is 4.16. The molecule has 0 bridgehead atoms. The zero-order valence-corrected chi connectivity index (χ0v) is 17.0. The van der Waals surface area contributed by atoms with Crippen LogP contribution in [0.2, 0.25) is 0 Å². The molecule has 1 saturated heterocycles. The van der Waals surface area contributed by atoms with Gasteiger partial charge < -0.3 is 19.1 Å². The lowest BCUT2D eigenvalue weighted by Crippen LogP contribution is -2.30. The van der Waals surface area contributed by atoms with Gasteiger partial charge in [0.05, 0.1) is 13.2 Å². The van der Waals surface area contributed by atoms with Crippen LogP contribution >= 0.6 is 11.6 Å². The Morgan fingerprint density at radius 2 is 2.21 bits per heavy atom. The molecule has 1 aromatic carbocycles. The second-order valence-corrected chi connectivity index (χ2v) is 7.93. The number of amides is 1. The highest BCUT2D eigenvalue weighted by Gasteiger charge is 2.32. The minimum Gasteiger partial charge on any atom is -0.351 e. The van der Waals surface area contributed by atoms with Crippen molar-refractivity contribution in [2.24, 2.45) is 5.92 Å². The third-order valence-electron chi connectivity index (χ3n) is 5.13. The second kappa shape index (κ2) is 8.94. The summed E-state index contributed by atoms with van der Waals surface area (Å²) >= 11 is 6.40. The van der Waals surface area contributed by atoms with Crippen molar-refractivity contribution in [3.8, 4) is 0 Å².